The van der Waals surface area contributed by atoms with E-state index in [1.807, 2.05) is 13.0 Å². The normalized spacial score (nSPS) is 11.6. The van der Waals surface area contributed by atoms with Crippen molar-refractivity contribution in [1.29, 1.82) is 0 Å². The Morgan fingerprint density at radius 3 is 2.58 bits per heavy atom. The maximum Gasteiger partial charge on any atom is 0.344 e. The van der Waals surface area contributed by atoms with E-state index < -0.39 is 15.5 Å². The number of hydrogen-bond donors (Lipinski definition) is 1. The molecule has 0 amide bonds. The molecule has 1 heterocycles. The van der Waals surface area contributed by atoms with Crippen LogP contribution in [0.2, 0.25) is 0 Å². The highest BCUT2D eigenvalue weighted by Crippen LogP contribution is 2.13. The van der Waals surface area contributed by atoms with Crippen LogP contribution in [0, 0.1) is 0 Å². The van der Waals surface area contributed by atoms with Gasteiger partial charge in [-0.05, 0) is 12.0 Å². The molecule has 1 aromatic heterocycles. The molecule has 0 unspecified atom stereocenters. The fourth-order valence-electron chi connectivity index (χ4n) is 1.82. The predicted molar refractivity (Wildman–Crippen MR) is 70.5 cm³/mol. The van der Waals surface area contributed by atoms with Crippen LogP contribution in [0.25, 0.3) is 0 Å². The Labute approximate surface area is 111 Å². The molecule has 2 aromatic rings. The molecule has 0 atom stereocenters. The van der Waals surface area contributed by atoms with Gasteiger partial charge < -0.3 is 0 Å². The van der Waals surface area contributed by atoms with E-state index in [1.165, 1.54) is 0 Å². The third-order valence-electron chi connectivity index (χ3n) is 2.65. The maximum atomic E-state index is 12.3. The molecule has 0 spiro atoms. The zero-order chi connectivity index (χ0) is 13.9. The van der Waals surface area contributed by atoms with Crippen LogP contribution in [-0.2, 0) is 22.1 Å². The number of hydrogen-bond acceptors (Lipinski definition) is 4. The minimum atomic E-state index is -3.62. The first-order valence-electron chi connectivity index (χ1n) is 5.96. The van der Waals surface area contributed by atoms with Crippen molar-refractivity contribution >= 4 is 9.84 Å². The number of nitrogens with zero attached hydrogens (tertiary/aromatic N) is 2. The Hall–Kier alpha value is -1.89. The summed E-state index contributed by atoms with van der Waals surface area (Å²) in [5.41, 5.74) is 0.175. The van der Waals surface area contributed by atoms with E-state index in [9.17, 15) is 13.2 Å². The smallest absolute Gasteiger partial charge is 0.266 e. The summed E-state index contributed by atoms with van der Waals surface area (Å²) in [7, 11) is -3.62. The molecule has 0 bridgehead atoms. The van der Waals surface area contributed by atoms with Crippen LogP contribution in [0.4, 0.5) is 0 Å². The molecular weight excluding hydrogens is 266 g/mol. The molecular formula is C12H15N3O3S. The minimum absolute atomic E-state index is 0.165. The van der Waals surface area contributed by atoms with Crippen LogP contribution in [0.5, 0.6) is 0 Å². The van der Waals surface area contributed by atoms with Crippen LogP contribution in [0.3, 0.4) is 0 Å². The number of sulfone groups is 1. The monoisotopic (exact) mass is 281 g/mol. The van der Waals surface area contributed by atoms with Gasteiger partial charge in [-0.15, -0.1) is 5.10 Å². The maximum absolute atomic E-state index is 12.3. The lowest BCUT2D eigenvalue weighted by atomic mass is 10.2. The second-order valence-corrected chi connectivity index (χ2v) is 6.09. The van der Waals surface area contributed by atoms with Gasteiger partial charge in [0.25, 0.3) is 5.16 Å². The van der Waals surface area contributed by atoms with Crippen molar-refractivity contribution in [3.05, 3.63) is 46.4 Å². The second-order valence-electron chi connectivity index (χ2n) is 4.21. The molecule has 6 nitrogen and oxygen atoms in total. The number of aromatic nitrogens is 3. The molecule has 0 saturated carbocycles. The van der Waals surface area contributed by atoms with Gasteiger partial charge in [0.1, 0.15) is 0 Å². The van der Waals surface area contributed by atoms with Crippen molar-refractivity contribution in [1.82, 2.24) is 14.8 Å². The number of H-pyrrole nitrogens is 1. The van der Waals surface area contributed by atoms with Gasteiger partial charge >= 0.3 is 5.69 Å². The Morgan fingerprint density at radius 2 is 1.95 bits per heavy atom. The van der Waals surface area contributed by atoms with Crippen LogP contribution in [-0.4, -0.2) is 23.2 Å². The fraction of sp³-hybridized carbons (Fsp3) is 0.333. The third kappa shape index (κ3) is 2.93. The molecule has 1 N–H and O–H groups in total. The van der Waals surface area contributed by atoms with E-state index in [1.54, 1.807) is 24.3 Å². The summed E-state index contributed by atoms with van der Waals surface area (Å²) in [6, 6.07) is 8.82. The number of rotatable bonds is 5. The lowest BCUT2D eigenvalue weighted by Gasteiger charge is -2.05. The molecule has 102 valence electrons. The van der Waals surface area contributed by atoms with Crippen molar-refractivity contribution in [3.8, 4) is 0 Å². The van der Waals surface area contributed by atoms with E-state index in [4.69, 9.17) is 0 Å². The Bertz CT molecular complexity index is 701. The quantitative estimate of drug-likeness (QED) is 0.884. The largest absolute Gasteiger partial charge is 0.344 e. The van der Waals surface area contributed by atoms with Gasteiger partial charge in [-0.3, -0.25) is 4.57 Å². The highest BCUT2D eigenvalue weighted by atomic mass is 32.2. The molecule has 2 rings (SSSR count). The topological polar surface area (TPSA) is 84.8 Å². The van der Waals surface area contributed by atoms with E-state index in [-0.39, 0.29) is 10.9 Å². The summed E-state index contributed by atoms with van der Waals surface area (Å²) >= 11 is 0. The van der Waals surface area contributed by atoms with Gasteiger partial charge in [0.2, 0.25) is 9.84 Å². The van der Waals surface area contributed by atoms with Gasteiger partial charge in [0.05, 0.1) is 5.75 Å². The summed E-state index contributed by atoms with van der Waals surface area (Å²) in [5, 5.41) is 5.64. The van der Waals surface area contributed by atoms with Gasteiger partial charge in [-0.25, -0.2) is 18.3 Å². The van der Waals surface area contributed by atoms with E-state index >= 15 is 0 Å². The van der Waals surface area contributed by atoms with Crippen molar-refractivity contribution in [2.45, 2.75) is 30.8 Å². The Kier molecular flexibility index (Phi) is 3.84. The average Bonchev–Trinajstić information content (AvgIpc) is 2.73. The minimum Gasteiger partial charge on any atom is -0.266 e. The molecule has 7 heteroatoms. The third-order valence-corrected chi connectivity index (χ3v) is 4.23. The van der Waals surface area contributed by atoms with Gasteiger partial charge in [-0.2, -0.15) is 0 Å². The lowest BCUT2D eigenvalue weighted by Crippen LogP contribution is -2.21. The molecule has 0 radical (unpaired) electrons. The number of aromatic amines is 1. The summed E-state index contributed by atoms with van der Waals surface area (Å²) in [5.74, 6) is -0.165. The number of nitrogens with one attached hydrogen (secondary N) is 1. The Morgan fingerprint density at radius 1 is 1.26 bits per heavy atom. The standard InChI is InChI=1S/C12H15N3O3S/c1-2-8-15-11(16)13-14-12(15)19(17,18)9-10-6-4-3-5-7-10/h3-7H,2,8-9H2,1H3,(H,13,16). The lowest BCUT2D eigenvalue weighted by molar-refractivity contribution is 0.550. The van der Waals surface area contributed by atoms with E-state index in [2.05, 4.69) is 10.2 Å². The van der Waals surface area contributed by atoms with Crippen molar-refractivity contribution < 1.29 is 8.42 Å². The van der Waals surface area contributed by atoms with Crippen LogP contribution in [0.15, 0.2) is 40.3 Å². The van der Waals surface area contributed by atoms with Crippen LogP contribution >= 0.6 is 0 Å². The molecule has 0 aliphatic heterocycles. The SMILES string of the molecule is CCCn1c(S(=O)(=O)Cc2ccccc2)n[nH]c1=O. The highest BCUT2D eigenvalue weighted by molar-refractivity contribution is 7.90. The molecule has 0 aliphatic carbocycles. The van der Waals surface area contributed by atoms with Crippen molar-refractivity contribution in [2.75, 3.05) is 0 Å². The van der Waals surface area contributed by atoms with Crippen molar-refractivity contribution in [3.63, 3.8) is 0 Å². The number of benzene rings is 1. The highest BCUT2D eigenvalue weighted by Gasteiger charge is 2.23. The summed E-state index contributed by atoms with van der Waals surface area (Å²) in [6.07, 6.45) is 0.660. The first-order valence-corrected chi connectivity index (χ1v) is 7.61. The zero-order valence-corrected chi connectivity index (χ0v) is 11.4. The molecule has 0 fully saturated rings. The van der Waals surface area contributed by atoms with E-state index in [0.717, 1.165) is 4.57 Å². The predicted octanol–water partition coefficient (Wildman–Crippen LogP) is 0.955. The van der Waals surface area contributed by atoms with E-state index in [0.29, 0.717) is 18.5 Å². The fourth-order valence-corrected chi connectivity index (χ4v) is 3.27. The summed E-state index contributed by atoms with van der Waals surface area (Å²) < 4.78 is 25.7. The van der Waals surface area contributed by atoms with Gasteiger partial charge in [-0.1, -0.05) is 37.3 Å². The Balaban J connectivity index is 2.38. The summed E-state index contributed by atoms with van der Waals surface area (Å²) in [4.78, 5) is 11.5. The van der Waals surface area contributed by atoms with Gasteiger partial charge in [0, 0.05) is 6.54 Å². The average molecular weight is 281 g/mol. The first-order chi connectivity index (χ1) is 9.04. The zero-order valence-electron chi connectivity index (χ0n) is 10.5. The molecule has 19 heavy (non-hydrogen) atoms. The first kappa shape index (κ1) is 13.5. The molecule has 0 saturated heterocycles. The summed E-state index contributed by atoms with van der Waals surface area (Å²) in [6.45, 7) is 2.20. The molecule has 0 aliphatic rings. The van der Waals surface area contributed by atoms with Crippen LogP contribution in [0.1, 0.15) is 18.9 Å². The van der Waals surface area contributed by atoms with Crippen molar-refractivity contribution in [2.24, 2.45) is 0 Å². The second kappa shape index (κ2) is 5.40. The molecule has 1 aromatic carbocycles. The van der Waals surface area contributed by atoms with Gasteiger partial charge in [0.15, 0.2) is 0 Å². The van der Waals surface area contributed by atoms with Crippen LogP contribution < -0.4 is 5.69 Å².